The summed E-state index contributed by atoms with van der Waals surface area (Å²) in [6, 6.07) is 5.05. The van der Waals surface area contributed by atoms with E-state index in [0.29, 0.717) is 10.0 Å². The Morgan fingerprint density at radius 1 is 1.21 bits per heavy atom. The summed E-state index contributed by atoms with van der Waals surface area (Å²) in [7, 11) is 0. The maximum atomic E-state index is 12.0. The molecule has 0 radical (unpaired) electrons. The third-order valence-electron chi connectivity index (χ3n) is 3.47. The van der Waals surface area contributed by atoms with Gasteiger partial charge in [-0.25, -0.2) is 0 Å². The SMILES string of the molecule is O=C(NC1CCCCC1)C(O)c1c(Cl)cccc1Cl. The molecule has 3 nitrogen and oxygen atoms in total. The van der Waals surface area contributed by atoms with Gasteiger partial charge in [0.2, 0.25) is 0 Å². The van der Waals surface area contributed by atoms with E-state index in [9.17, 15) is 9.90 Å². The van der Waals surface area contributed by atoms with Gasteiger partial charge in [-0.15, -0.1) is 0 Å². The summed E-state index contributed by atoms with van der Waals surface area (Å²) in [6.45, 7) is 0. The van der Waals surface area contributed by atoms with Gasteiger partial charge >= 0.3 is 0 Å². The number of hydrogen-bond acceptors (Lipinski definition) is 2. The first-order valence-corrected chi connectivity index (χ1v) is 7.27. The number of nitrogens with one attached hydrogen (secondary N) is 1. The number of carbonyl (C=O) groups excluding carboxylic acids is 1. The minimum absolute atomic E-state index is 0.150. The van der Waals surface area contributed by atoms with Crippen molar-refractivity contribution in [2.45, 2.75) is 44.2 Å². The molecule has 0 spiro atoms. The van der Waals surface area contributed by atoms with Crippen molar-refractivity contribution in [1.82, 2.24) is 5.32 Å². The lowest BCUT2D eigenvalue weighted by Crippen LogP contribution is -2.39. The average molecular weight is 302 g/mol. The second kappa shape index (κ2) is 6.60. The number of benzene rings is 1. The molecule has 1 aliphatic carbocycles. The Labute approximate surface area is 122 Å². The molecule has 1 unspecified atom stereocenters. The van der Waals surface area contributed by atoms with Crippen LogP contribution in [0.5, 0.6) is 0 Å². The number of halogens is 2. The van der Waals surface area contributed by atoms with E-state index in [1.165, 1.54) is 6.42 Å². The van der Waals surface area contributed by atoms with Crippen molar-refractivity contribution >= 4 is 29.1 Å². The maximum absolute atomic E-state index is 12.0. The van der Waals surface area contributed by atoms with E-state index in [2.05, 4.69) is 5.32 Å². The van der Waals surface area contributed by atoms with E-state index < -0.39 is 12.0 Å². The smallest absolute Gasteiger partial charge is 0.253 e. The first-order valence-electron chi connectivity index (χ1n) is 6.52. The summed E-state index contributed by atoms with van der Waals surface area (Å²) < 4.78 is 0. The van der Waals surface area contributed by atoms with Crippen LogP contribution in [0.4, 0.5) is 0 Å². The summed E-state index contributed by atoms with van der Waals surface area (Å²) >= 11 is 12.0. The predicted octanol–water partition coefficient (Wildman–Crippen LogP) is 3.48. The van der Waals surface area contributed by atoms with Crippen LogP contribution in [0.3, 0.4) is 0 Å². The fourth-order valence-corrected chi connectivity index (χ4v) is 3.03. The number of rotatable bonds is 3. The van der Waals surface area contributed by atoms with Gasteiger partial charge in [-0.2, -0.15) is 0 Å². The van der Waals surface area contributed by atoms with Crippen LogP contribution < -0.4 is 5.32 Å². The molecular formula is C14H17Cl2NO2. The summed E-state index contributed by atoms with van der Waals surface area (Å²) in [6.07, 6.45) is 4.07. The topological polar surface area (TPSA) is 49.3 Å². The molecule has 1 aromatic rings. The average Bonchev–Trinajstić information content (AvgIpc) is 2.39. The molecule has 19 heavy (non-hydrogen) atoms. The van der Waals surface area contributed by atoms with E-state index in [1.807, 2.05) is 0 Å². The first-order chi connectivity index (χ1) is 9.09. The lowest BCUT2D eigenvalue weighted by Gasteiger charge is -2.24. The van der Waals surface area contributed by atoms with Crippen molar-refractivity contribution in [3.05, 3.63) is 33.8 Å². The van der Waals surface area contributed by atoms with Gasteiger partial charge in [0.15, 0.2) is 6.10 Å². The highest BCUT2D eigenvalue weighted by Crippen LogP contribution is 2.30. The van der Waals surface area contributed by atoms with E-state index in [1.54, 1.807) is 18.2 Å². The molecule has 1 saturated carbocycles. The normalized spacial score (nSPS) is 18.1. The lowest BCUT2D eigenvalue weighted by molar-refractivity contribution is -0.130. The Balaban J connectivity index is 2.06. The highest BCUT2D eigenvalue weighted by molar-refractivity contribution is 6.36. The molecule has 0 saturated heterocycles. The molecule has 0 bridgehead atoms. The number of aliphatic hydroxyl groups excluding tert-OH is 1. The molecule has 1 aliphatic rings. The third kappa shape index (κ3) is 3.62. The number of carbonyl (C=O) groups is 1. The van der Waals surface area contributed by atoms with Crippen molar-refractivity contribution in [3.63, 3.8) is 0 Å². The summed E-state index contributed by atoms with van der Waals surface area (Å²) in [5.41, 5.74) is 0.277. The fraction of sp³-hybridized carbons (Fsp3) is 0.500. The van der Waals surface area contributed by atoms with Crippen molar-refractivity contribution in [1.29, 1.82) is 0 Å². The molecule has 1 amide bonds. The molecule has 0 aromatic heterocycles. The van der Waals surface area contributed by atoms with Gasteiger partial charge in [-0.3, -0.25) is 4.79 Å². The first kappa shape index (κ1) is 14.6. The van der Waals surface area contributed by atoms with Gasteiger partial charge in [0.05, 0.1) is 0 Å². The van der Waals surface area contributed by atoms with Crippen LogP contribution in [-0.4, -0.2) is 17.1 Å². The summed E-state index contributed by atoms with van der Waals surface area (Å²) in [5.74, 6) is -0.429. The van der Waals surface area contributed by atoms with Crippen molar-refractivity contribution in [2.24, 2.45) is 0 Å². The van der Waals surface area contributed by atoms with Crippen LogP contribution in [0.1, 0.15) is 43.8 Å². The van der Waals surface area contributed by atoms with E-state index in [4.69, 9.17) is 23.2 Å². The quantitative estimate of drug-likeness (QED) is 0.898. The van der Waals surface area contributed by atoms with E-state index in [0.717, 1.165) is 25.7 Å². The molecule has 104 valence electrons. The standard InChI is InChI=1S/C14H17Cl2NO2/c15-10-7-4-8-11(16)12(10)13(18)14(19)17-9-5-2-1-3-6-9/h4,7-9,13,18H,1-3,5-6H2,(H,17,19). The van der Waals surface area contributed by atoms with Crippen LogP contribution in [-0.2, 0) is 4.79 Å². The molecule has 5 heteroatoms. The minimum Gasteiger partial charge on any atom is -0.378 e. The van der Waals surface area contributed by atoms with Gasteiger partial charge in [-0.05, 0) is 25.0 Å². The zero-order valence-corrected chi connectivity index (χ0v) is 12.0. The van der Waals surface area contributed by atoms with Crippen molar-refractivity contribution in [3.8, 4) is 0 Å². The second-order valence-electron chi connectivity index (χ2n) is 4.88. The van der Waals surface area contributed by atoms with E-state index in [-0.39, 0.29) is 11.6 Å². The Morgan fingerprint density at radius 2 is 1.79 bits per heavy atom. The fourth-order valence-electron chi connectivity index (χ4n) is 2.43. The summed E-state index contributed by atoms with van der Waals surface area (Å²) in [5, 5.41) is 13.6. The third-order valence-corrected chi connectivity index (χ3v) is 4.13. The minimum atomic E-state index is -1.32. The highest BCUT2D eigenvalue weighted by Gasteiger charge is 2.25. The van der Waals surface area contributed by atoms with Crippen LogP contribution >= 0.6 is 23.2 Å². The molecule has 0 heterocycles. The van der Waals surface area contributed by atoms with Crippen molar-refractivity contribution < 1.29 is 9.90 Å². The molecule has 2 N–H and O–H groups in total. The molecule has 1 atom stereocenters. The largest absolute Gasteiger partial charge is 0.378 e. The van der Waals surface area contributed by atoms with Gasteiger partial charge in [0, 0.05) is 21.7 Å². The molecule has 2 rings (SSSR count). The zero-order valence-electron chi connectivity index (χ0n) is 10.5. The second-order valence-corrected chi connectivity index (χ2v) is 5.70. The summed E-state index contributed by atoms with van der Waals surface area (Å²) in [4.78, 5) is 12.0. The van der Waals surface area contributed by atoms with Crippen LogP contribution in [0.25, 0.3) is 0 Å². The van der Waals surface area contributed by atoms with Gasteiger partial charge < -0.3 is 10.4 Å². The van der Waals surface area contributed by atoms with Gasteiger partial charge in [-0.1, -0.05) is 48.5 Å². The Bertz CT molecular complexity index is 439. The predicted molar refractivity (Wildman–Crippen MR) is 76.4 cm³/mol. The zero-order chi connectivity index (χ0) is 13.8. The molecule has 1 aromatic carbocycles. The highest BCUT2D eigenvalue weighted by atomic mass is 35.5. The van der Waals surface area contributed by atoms with Crippen LogP contribution in [0.2, 0.25) is 10.0 Å². The Morgan fingerprint density at radius 3 is 2.37 bits per heavy atom. The lowest BCUT2D eigenvalue weighted by atomic mass is 9.95. The molecule has 1 fully saturated rings. The maximum Gasteiger partial charge on any atom is 0.253 e. The molecular weight excluding hydrogens is 285 g/mol. The number of amides is 1. The number of aliphatic hydroxyl groups is 1. The van der Waals surface area contributed by atoms with Crippen LogP contribution in [0.15, 0.2) is 18.2 Å². The monoisotopic (exact) mass is 301 g/mol. The van der Waals surface area contributed by atoms with E-state index >= 15 is 0 Å². The van der Waals surface area contributed by atoms with Crippen molar-refractivity contribution in [2.75, 3.05) is 0 Å². The van der Waals surface area contributed by atoms with Gasteiger partial charge in [0.1, 0.15) is 0 Å². The molecule has 0 aliphatic heterocycles. The number of hydrogen-bond donors (Lipinski definition) is 2. The van der Waals surface area contributed by atoms with Gasteiger partial charge in [0.25, 0.3) is 5.91 Å². The Hall–Kier alpha value is -0.770. The Kier molecular flexibility index (Phi) is 5.08. The van der Waals surface area contributed by atoms with Crippen LogP contribution in [0, 0.1) is 0 Å².